The lowest BCUT2D eigenvalue weighted by Gasteiger charge is -2.29. The van der Waals surface area contributed by atoms with E-state index in [0.717, 1.165) is 16.1 Å². The number of ether oxygens (including phenoxy) is 3. The number of fused-ring (bicyclic) bond motifs is 1. The molecule has 3 rings (SSSR count). The van der Waals surface area contributed by atoms with E-state index in [9.17, 15) is 13.2 Å². The van der Waals surface area contributed by atoms with Gasteiger partial charge in [-0.25, -0.2) is 8.42 Å². The molecule has 9 heteroatoms. The number of sulfonamides is 1. The summed E-state index contributed by atoms with van der Waals surface area (Å²) in [6.45, 7) is 5.06. The van der Waals surface area contributed by atoms with Crippen molar-refractivity contribution in [3.8, 4) is 17.2 Å². The van der Waals surface area contributed by atoms with Gasteiger partial charge in [0.25, 0.3) is 0 Å². The van der Waals surface area contributed by atoms with Crippen molar-refractivity contribution in [1.82, 2.24) is 5.32 Å². The fraction of sp³-hybridized carbons (Fsp3) is 0.381. The van der Waals surface area contributed by atoms with Gasteiger partial charge in [-0.2, -0.15) is 0 Å². The molecule has 0 saturated carbocycles. The first kappa shape index (κ1) is 21.8. The number of amides is 1. The topological polar surface area (TPSA) is 94.2 Å². The predicted molar refractivity (Wildman–Crippen MR) is 114 cm³/mol. The Morgan fingerprint density at radius 3 is 2.60 bits per heavy atom. The largest absolute Gasteiger partial charge is 0.494 e. The zero-order valence-electron chi connectivity index (χ0n) is 17.3. The van der Waals surface area contributed by atoms with Gasteiger partial charge in [0, 0.05) is 12.6 Å². The van der Waals surface area contributed by atoms with E-state index in [0.29, 0.717) is 42.8 Å². The molecule has 0 bridgehead atoms. The Bertz CT molecular complexity index is 1010. The Kier molecular flexibility index (Phi) is 6.71. The lowest BCUT2D eigenvalue weighted by atomic mass is 10.2. The van der Waals surface area contributed by atoms with E-state index < -0.39 is 22.0 Å². The molecule has 0 aliphatic carbocycles. The normalized spacial score (nSPS) is 14.0. The molecule has 0 spiro atoms. The SMILES string of the molecule is CCOc1cccc(CNC(=O)[C@H](C)N(c2ccc3c(c2)OCCO3)S(C)(=O)=O)c1. The van der Waals surface area contributed by atoms with Crippen LogP contribution in [0.2, 0.25) is 0 Å². The van der Waals surface area contributed by atoms with Gasteiger partial charge in [0.05, 0.1) is 18.6 Å². The van der Waals surface area contributed by atoms with E-state index in [1.165, 1.54) is 0 Å². The summed E-state index contributed by atoms with van der Waals surface area (Å²) >= 11 is 0. The Morgan fingerprint density at radius 1 is 1.17 bits per heavy atom. The van der Waals surface area contributed by atoms with E-state index in [2.05, 4.69) is 5.32 Å². The highest BCUT2D eigenvalue weighted by Gasteiger charge is 2.30. The molecule has 1 atom stereocenters. The van der Waals surface area contributed by atoms with Gasteiger partial charge in [0.15, 0.2) is 11.5 Å². The van der Waals surface area contributed by atoms with Gasteiger partial charge in [-0.1, -0.05) is 12.1 Å². The minimum atomic E-state index is -3.73. The van der Waals surface area contributed by atoms with Crippen LogP contribution in [0.25, 0.3) is 0 Å². The zero-order valence-corrected chi connectivity index (χ0v) is 18.1. The fourth-order valence-electron chi connectivity index (χ4n) is 3.23. The van der Waals surface area contributed by atoms with Crippen LogP contribution in [0, 0.1) is 0 Å². The van der Waals surface area contributed by atoms with Gasteiger partial charge in [-0.05, 0) is 43.7 Å². The number of hydrogen-bond acceptors (Lipinski definition) is 6. The van der Waals surface area contributed by atoms with Crippen LogP contribution in [0.1, 0.15) is 19.4 Å². The first-order chi connectivity index (χ1) is 14.3. The van der Waals surface area contributed by atoms with Gasteiger partial charge in [0.2, 0.25) is 15.9 Å². The third-order valence-corrected chi connectivity index (χ3v) is 5.79. The molecular weight excluding hydrogens is 408 g/mol. The molecule has 1 amide bonds. The number of hydrogen-bond donors (Lipinski definition) is 1. The average molecular weight is 435 g/mol. The van der Waals surface area contributed by atoms with Crippen molar-refractivity contribution in [3.05, 3.63) is 48.0 Å². The summed E-state index contributed by atoms with van der Waals surface area (Å²) in [6, 6.07) is 11.2. The highest BCUT2D eigenvalue weighted by atomic mass is 32.2. The molecule has 2 aromatic carbocycles. The van der Waals surface area contributed by atoms with Crippen molar-refractivity contribution in [2.24, 2.45) is 0 Å². The molecule has 162 valence electrons. The van der Waals surface area contributed by atoms with Gasteiger partial charge in [-0.3, -0.25) is 9.10 Å². The predicted octanol–water partition coefficient (Wildman–Crippen LogP) is 2.33. The highest BCUT2D eigenvalue weighted by Crippen LogP contribution is 2.35. The molecule has 0 unspecified atom stereocenters. The van der Waals surface area contributed by atoms with Crippen LogP contribution < -0.4 is 23.8 Å². The summed E-state index contributed by atoms with van der Waals surface area (Å²) in [5.41, 5.74) is 1.19. The third kappa shape index (κ3) is 5.15. The number of anilines is 1. The van der Waals surface area contributed by atoms with Gasteiger partial charge < -0.3 is 19.5 Å². The van der Waals surface area contributed by atoms with Crippen LogP contribution in [0.15, 0.2) is 42.5 Å². The maximum atomic E-state index is 12.8. The number of rotatable bonds is 8. The molecule has 0 saturated heterocycles. The quantitative estimate of drug-likeness (QED) is 0.685. The second-order valence-corrected chi connectivity index (χ2v) is 8.72. The molecule has 0 aromatic heterocycles. The summed E-state index contributed by atoms with van der Waals surface area (Å²) in [4.78, 5) is 12.8. The molecule has 2 aromatic rings. The van der Waals surface area contributed by atoms with Crippen molar-refractivity contribution in [2.75, 3.05) is 30.4 Å². The maximum Gasteiger partial charge on any atom is 0.243 e. The molecule has 0 radical (unpaired) electrons. The summed E-state index contributed by atoms with van der Waals surface area (Å²) in [7, 11) is -3.73. The second-order valence-electron chi connectivity index (χ2n) is 6.86. The van der Waals surface area contributed by atoms with Crippen LogP contribution >= 0.6 is 0 Å². The van der Waals surface area contributed by atoms with Crippen molar-refractivity contribution in [2.45, 2.75) is 26.4 Å². The Morgan fingerprint density at radius 2 is 1.90 bits per heavy atom. The molecule has 0 fully saturated rings. The number of nitrogens with one attached hydrogen (secondary N) is 1. The van der Waals surface area contributed by atoms with Crippen molar-refractivity contribution < 1.29 is 27.4 Å². The van der Waals surface area contributed by atoms with Crippen LogP contribution in [0.3, 0.4) is 0 Å². The third-order valence-electron chi connectivity index (χ3n) is 4.54. The monoisotopic (exact) mass is 434 g/mol. The number of carbonyl (C=O) groups is 1. The van der Waals surface area contributed by atoms with E-state index in [4.69, 9.17) is 14.2 Å². The minimum Gasteiger partial charge on any atom is -0.494 e. The van der Waals surface area contributed by atoms with Gasteiger partial charge in [-0.15, -0.1) is 0 Å². The minimum absolute atomic E-state index is 0.253. The highest BCUT2D eigenvalue weighted by molar-refractivity contribution is 7.92. The van der Waals surface area contributed by atoms with Crippen molar-refractivity contribution in [3.63, 3.8) is 0 Å². The average Bonchev–Trinajstić information content (AvgIpc) is 2.71. The standard InChI is InChI=1S/C21H26N2O6S/c1-4-27-18-7-5-6-16(12-18)14-22-21(24)15(2)23(30(3,25)26)17-8-9-19-20(13-17)29-11-10-28-19/h5-9,12-13,15H,4,10-11,14H2,1-3H3,(H,22,24)/t15-/m0/s1. The van der Waals surface area contributed by atoms with Crippen LogP contribution in [-0.4, -0.2) is 46.4 Å². The summed E-state index contributed by atoms with van der Waals surface area (Å²) in [5.74, 6) is 1.29. The Hall–Kier alpha value is -2.94. The summed E-state index contributed by atoms with van der Waals surface area (Å²) < 4.78 is 42.6. The van der Waals surface area contributed by atoms with Crippen molar-refractivity contribution in [1.29, 1.82) is 0 Å². The molecule has 1 aliphatic heterocycles. The summed E-state index contributed by atoms with van der Waals surface area (Å²) in [6.07, 6.45) is 1.07. The van der Waals surface area contributed by atoms with Gasteiger partial charge >= 0.3 is 0 Å². The summed E-state index contributed by atoms with van der Waals surface area (Å²) in [5, 5.41) is 2.80. The van der Waals surface area contributed by atoms with Crippen LogP contribution in [0.5, 0.6) is 17.2 Å². The fourth-order valence-corrected chi connectivity index (χ4v) is 4.39. The second kappa shape index (κ2) is 9.25. The molecule has 1 N–H and O–H groups in total. The van der Waals surface area contributed by atoms with E-state index in [1.807, 2.05) is 31.2 Å². The zero-order chi connectivity index (χ0) is 21.7. The lowest BCUT2D eigenvalue weighted by molar-refractivity contribution is -0.122. The Labute approximate surface area is 176 Å². The van der Waals surface area contributed by atoms with E-state index in [1.54, 1.807) is 25.1 Å². The van der Waals surface area contributed by atoms with E-state index >= 15 is 0 Å². The maximum absolute atomic E-state index is 12.8. The number of benzene rings is 2. The Balaban J connectivity index is 1.76. The van der Waals surface area contributed by atoms with E-state index in [-0.39, 0.29) is 6.54 Å². The van der Waals surface area contributed by atoms with Crippen LogP contribution in [0.4, 0.5) is 5.69 Å². The molecule has 1 heterocycles. The first-order valence-corrected chi connectivity index (χ1v) is 11.5. The molecule has 30 heavy (non-hydrogen) atoms. The van der Waals surface area contributed by atoms with Crippen molar-refractivity contribution >= 4 is 21.6 Å². The molecule has 1 aliphatic rings. The molecule has 8 nitrogen and oxygen atoms in total. The smallest absolute Gasteiger partial charge is 0.243 e. The first-order valence-electron chi connectivity index (χ1n) is 9.68. The number of carbonyl (C=O) groups excluding carboxylic acids is 1. The number of nitrogens with zero attached hydrogens (tertiary/aromatic N) is 1. The lowest BCUT2D eigenvalue weighted by Crippen LogP contribution is -2.47. The van der Waals surface area contributed by atoms with Gasteiger partial charge in [0.1, 0.15) is 25.0 Å². The van der Waals surface area contributed by atoms with Crippen LogP contribution in [-0.2, 0) is 21.4 Å². The molecular formula is C21H26N2O6S.